The predicted molar refractivity (Wildman–Crippen MR) is 84.8 cm³/mol. The Labute approximate surface area is 130 Å². The third-order valence-electron chi connectivity index (χ3n) is 3.00. The molecule has 0 fully saturated rings. The van der Waals surface area contributed by atoms with Gasteiger partial charge in [-0.05, 0) is 46.7 Å². The molecule has 0 saturated heterocycles. The van der Waals surface area contributed by atoms with Gasteiger partial charge in [0.05, 0.1) is 18.2 Å². The molecule has 1 heterocycles. The summed E-state index contributed by atoms with van der Waals surface area (Å²) in [6, 6.07) is 5.60. The first-order valence-corrected chi connectivity index (χ1v) is 7.29. The maximum absolute atomic E-state index is 12.4. The Balaban J connectivity index is 2.73. The highest BCUT2D eigenvalue weighted by Crippen LogP contribution is 2.22. The molecule has 2 aromatic rings. The van der Waals surface area contributed by atoms with Crippen LogP contribution in [0.4, 0.5) is 0 Å². The van der Waals surface area contributed by atoms with Crippen molar-refractivity contribution in [1.82, 2.24) is 9.78 Å². The SMILES string of the molecule is COC(=O)Cn1nc(C(C)C)c2cc(I)ccc2c1=O. The highest BCUT2D eigenvalue weighted by molar-refractivity contribution is 14.1. The van der Waals surface area contributed by atoms with Gasteiger partial charge in [0.2, 0.25) is 0 Å². The molecule has 0 aliphatic carbocycles. The van der Waals surface area contributed by atoms with Gasteiger partial charge in [-0.15, -0.1) is 0 Å². The van der Waals surface area contributed by atoms with Crippen LogP contribution in [0, 0.1) is 3.57 Å². The van der Waals surface area contributed by atoms with Crippen LogP contribution in [-0.2, 0) is 16.1 Å². The topological polar surface area (TPSA) is 61.2 Å². The third kappa shape index (κ3) is 2.84. The van der Waals surface area contributed by atoms with Crippen LogP contribution in [-0.4, -0.2) is 22.9 Å². The number of hydrogen-bond donors (Lipinski definition) is 0. The molecule has 0 saturated carbocycles. The fraction of sp³-hybridized carbons (Fsp3) is 0.357. The summed E-state index contributed by atoms with van der Waals surface area (Å²) in [5, 5.41) is 5.75. The molecule has 2 rings (SSSR count). The van der Waals surface area contributed by atoms with Crippen molar-refractivity contribution in [2.75, 3.05) is 7.11 Å². The molecule has 6 heteroatoms. The van der Waals surface area contributed by atoms with Crippen LogP contribution in [0.25, 0.3) is 10.8 Å². The van der Waals surface area contributed by atoms with Crippen molar-refractivity contribution in [1.29, 1.82) is 0 Å². The lowest BCUT2D eigenvalue weighted by Gasteiger charge is -2.12. The summed E-state index contributed by atoms with van der Waals surface area (Å²) >= 11 is 2.20. The molecular weight excluding hydrogens is 371 g/mol. The van der Waals surface area contributed by atoms with Crippen LogP contribution in [0.15, 0.2) is 23.0 Å². The molecule has 5 nitrogen and oxygen atoms in total. The highest BCUT2D eigenvalue weighted by atomic mass is 127. The Bertz CT molecular complexity index is 722. The molecule has 0 spiro atoms. The second-order valence-corrected chi connectivity index (χ2v) is 6.01. The third-order valence-corrected chi connectivity index (χ3v) is 3.68. The second kappa shape index (κ2) is 5.90. The van der Waals surface area contributed by atoms with Crippen LogP contribution in [0.5, 0.6) is 0 Å². The van der Waals surface area contributed by atoms with E-state index in [1.54, 1.807) is 6.07 Å². The summed E-state index contributed by atoms with van der Waals surface area (Å²) in [6.07, 6.45) is 0. The number of nitrogens with zero attached hydrogens (tertiary/aromatic N) is 2. The van der Waals surface area contributed by atoms with Crippen molar-refractivity contribution < 1.29 is 9.53 Å². The van der Waals surface area contributed by atoms with Crippen molar-refractivity contribution in [2.24, 2.45) is 0 Å². The van der Waals surface area contributed by atoms with Gasteiger partial charge in [0.1, 0.15) is 6.54 Å². The Morgan fingerprint density at radius 3 is 2.70 bits per heavy atom. The van der Waals surface area contributed by atoms with E-state index in [-0.39, 0.29) is 18.0 Å². The normalized spacial score (nSPS) is 11.1. The van der Waals surface area contributed by atoms with E-state index in [1.807, 2.05) is 26.0 Å². The van der Waals surface area contributed by atoms with Gasteiger partial charge in [0.25, 0.3) is 5.56 Å². The lowest BCUT2D eigenvalue weighted by molar-refractivity contribution is -0.141. The first-order valence-electron chi connectivity index (χ1n) is 6.21. The van der Waals surface area contributed by atoms with E-state index in [2.05, 4.69) is 32.4 Å². The van der Waals surface area contributed by atoms with E-state index >= 15 is 0 Å². The van der Waals surface area contributed by atoms with Gasteiger partial charge in [0.15, 0.2) is 0 Å². The summed E-state index contributed by atoms with van der Waals surface area (Å²) in [7, 11) is 1.29. The van der Waals surface area contributed by atoms with E-state index in [1.165, 1.54) is 11.8 Å². The molecule has 0 radical (unpaired) electrons. The van der Waals surface area contributed by atoms with Crippen molar-refractivity contribution in [3.8, 4) is 0 Å². The number of aromatic nitrogens is 2. The fourth-order valence-electron chi connectivity index (χ4n) is 2.00. The second-order valence-electron chi connectivity index (χ2n) is 4.77. The summed E-state index contributed by atoms with van der Waals surface area (Å²) < 4.78 is 6.82. The van der Waals surface area contributed by atoms with Crippen molar-refractivity contribution in [2.45, 2.75) is 26.3 Å². The Morgan fingerprint density at radius 1 is 1.40 bits per heavy atom. The van der Waals surface area contributed by atoms with Gasteiger partial charge in [-0.25, -0.2) is 4.68 Å². The number of methoxy groups -OCH3 is 1. The number of ether oxygens (including phenoxy) is 1. The van der Waals surface area contributed by atoms with Crippen molar-refractivity contribution in [3.63, 3.8) is 0 Å². The summed E-state index contributed by atoms with van der Waals surface area (Å²) in [5.74, 6) is -0.334. The van der Waals surface area contributed by atoms with Crippen LogP contribution >= 0.6 is 22.6 Å². The summed E-state index contributed by atoms with van der Waals surface area (Å²) in [4.78, 5) is 23.7. The number of hydrogen-bond acceptors (Lipinski definition) is 4. The smallest absolute Gasteiger partial charge is 0.327 e. The first kappa shape index (κ1) is 15.0. The van der Waals surface area contributed by atoms with Gasteiger partial charge in [-0.2, -0.15) is 5.10 Å². The van der Waals surface area contributed by atoms with E-state index in [0.29, 0.717) is 5.39 Å². The largest absolute Gasteiger partial charge is 0.468 e. The van der Waals surface area contributed by atoms with E-state index in [4.69, 9.17) is 0 Å². The molecule has 0 atom stereocenters. The molecule has 0 aliphatic heterocycles. The summed E-state index contributed by atoms with van der Waals surface area (Å²) in [5.41, 5.74) is 0.535. The van der Waals surface area contributed by atoms with Gasteiger partial charge in [-0.1, -0.05) is 13.8 Å². The molecule has 0 unspecified atom stereocenters. The lowest BCUT2D eigenvalue weighted by Crippen LogP contribution is -2.28. The number of halogens is 1. The zero-order valence-corrected chi connectivity index (χ0v) is 13.7. The van der Waals surface area contributed by atoms with Gasteiger partial charge in [0, 0.05) is 8.96 Å². The van der Waals surface area contributed by atoms with Gasteiger partial charge >= 0.3 is 5.97 Å². The number of carbonyl (C=O) groups is 1. The zero-order valence-electron chi connectivity index (χ0n) is 11.5. The van der Waals surface area contributed by atoms with E-state index < -0.39 is 5.97 Å². The van der Waals surface area contributed by atoms with Crippen molar-refractivity contribution in [3.05, 3.63) is 37.8 Å². The van der Waals surface area contributed by atoms with Crippen LogP contribution in [0.3, 0.4) is 0 Å². The minimum absolute atomic E-state index is 0.153. The maximum Gasteiger partial charge on any atom is 0.327 e. The molecule has 0 amide bonds. The standard InChI is InChI=1S/C14H15IN2O3/c1-8(2)13-11-6-9(15)4-5-10(11)14(19)17(16-13)7-12(18)20-3/h4-6,8H,7H2,1-3H3. The molecule has 0 aliphatic rings. The van der Waals surface area contributed by atoms with Crippen LogP contribution in [0.2, 0.25) is 0 Å². The number of benzene rings is 1. The average molecular weight is 386 g/mol. The molecule has 1 aromatic carbocycles. The zero-order chi connectivity index (χ0) is 14.9. The molecule has 20 heavy (non-hydrogen) atoms. The molecule has 1 aromatic heterocycles. The molecule has 0 N–H and O–H groups in total. The van der Waals surface area contributed by atoms with E-state index in [0.717, 1.165) is 14.7 Å². The summed E-state index contributed by atoms with van der Waals surface area (Å²) in [6.45, 7) is 3.85. The maximum atomic E-state index is 12.4. The molecule has 106 valence electrons. The lowest BCUT2D eigenvalue weighted by atomic mass is 10.0. The number of esters is 1. The quantitative estimate of drug-likeness (QED) is 0.600. The van der Waals surface area contributed by atoms with Crippen molar-refractivity contribution >= 4 is 39.3 Å². The Kier molecular flexibility index (Phi) is 4.42. The minimum atomic E-state index is -0.487. The highest BCUT2D eigenvalue weighted by Gasteiger charge is 2.15. The molecule has 0 bridgehead atoms. The van der Waals surface area contributed by atoms with Crippen LogP contribution < -0.4 is 5.56 Å². The Morgan fingerprint density at radius 2 is 2.10 bits per heavy atom. The monoisotopic (exact) mass is 386 g/mol. The average Bonchev–Trinajstić information content (AvgIpc) is 2.41. The Hall–Kier alpha value is -1.44. The predicted octanol–water partition coefficient (Wildman–Crippen LogP) is 2.30. The first-order chi connectivity index (χ1) is 9.43. The van der Waals surface area contributed by atoms with Crippen LogP contribution in [0.1, 0.15) is 25.5 Å². The number of carbonyl (C=O) groups excluding carboxylic acids is 1. The van der Waals surface area contributed by atoms with Gasteiger partial charge in [-0.3, -0.25) is 9.59 Å². The molecular formula is C14H15IN2O3. The van der Waals surface area contributed by atoms with Gasteiger partial charge < -0.3 is 4.74 Å². The minimum Gasteiger partial charge on any atom is -0.468 e. The number of fused-ring (bicyclic) bond motifs is 1. The van der Waals surface area contributed by atoms with E-state index in [9.17, 15) is 9.59 Å². The fourth-order valence-corrected chi connectivity index (χ4v) is 2.49. The number of rotatable bonds is 3.